The van der Waals surface area contributed by atoms with Crippen molar-refractivity contribution in [2.45, 2.75) is 76.9 Å². The topological polar surface area (TPSA) is 94.5 Å². The van der Waals surface area contributed by atoms with Crippen molar-refractivity contribution >= 4 is 17.8 Å². The van der Waals surface area contributed by atoms with E-state index in [1.807, 2.05) is 56.3 Å². The minimum absolute atomic E-state index is 0.0735. The number of carbonyl (C=O) groups is 2. The summed E-state index contributed by atoms with van der Waals surface area (Å²) in [5.41, 5.74) is 1.93. The van der Waals surface area contributed by atoms with Crippen molar-refractivity contribution in [3.8, 4) is 17.6 Å². The second-order valence-corrected chi connectivity index (χ2v) is 9.71. The van der Waals surface area contributed by atoms with Gasteiger partial charge in [0.15, 0.2) is 5.96 Å². The number of guanidine groups is 1. The van der Waals surface area contributed by atoms with Gasteiger partial charge in [0.2, 0.25) is 5.91 Å². The van der Waals surface area contributed by atoms with E-state index in [9.17, 15) is 9.59 Å². The van der Waals surface area contributed by atoms with Crippen molar-refractivity contribution in [2.75, 3.05) is 6.61 Å². The van der Waals surface area contributed by atoms with Crippen molar-refractivity contribution in [3.63, 3.8) is 0 Å². The molecule has 4 rings (SSSR count). The van der Waals surface area contributed by atoms with Gasteiger partial charge in [0, 0.05) is 29.5 Å². The monoisotopic (exact) mass is 500 g/mol. The number of nitrogens with one attached hydrogen (secondary N) is 3. The summed E-state index contributed by atoms with van der Waals surface area (Å²) in [6.07, 6.45) is 3.72. The maximum absolute atomic E-state index is 13.4. The van der Waals surface area contributed by atoms with Gasteiger partial charge in [-0.05, 0) is 49.9 Å². The van der Waals surface area contributed by atoms with Crippen LogP contribution in [0.2, 0.25) is 0 Å². The maximum atomic E-state index is 13.4. The molecule has 2 aromatic rings. The quantitative estimate of drug-likeness (QED) is 0.440. The first kappa shape index (κ1) is 26.3. The third kappa shape index (κ3) is 5.64. The van der Waals surface area contributed by atoms with E-state index in [4.69, 9.17) is 10.1 Å². The van der Waals surface area contributed by atoms with E-state index in [-0.39, 0.29) is 29.4 Å². The Hall–Kier alpha value is -3.79. The normalized spacial score (nSPS) is 19.0. The molecule has 2 aliphatic rings. The zero-order chi connectivity index (χ0) is 26.4. The van der Waals surface area contributed by atoms with E-state index >= 15 is 0 Å². The van der Waals surface area contributed by atoms with E-state index in [0.717, 1.165) is 29.7 Å². The Morgan fingerprint density at radius 3 is 2.76 bits per heavy atom. The third-order valence-electron chi connectivity index (χ3n) is 7.56. The van der Waals surface area contributed by atoms with Crippen LogP contribution in [-0.4, -0.2) is 34.8 Å². The second kappa shape index (κ2) is 11.5. The lowest BCUT2D eigenvalue weighted by atomic mass is 9.85. The molecule has 0 saturated carbocycles. The molecule has 0 aliphatic carbocycles. The first-order valence-corrected chi connectivity index (χ1v) is 13.1. The predicted molar refractivity (Wildman–Crippen MR) is 144 cm³/mol. The highest BCUT2D eigenvalue weighted by Gasteiger charge is 2.42. The molecule has 2 aliphatic heterocycles. The van der Waals surface area contributed by atoms with E-state index in [0.29, 0.717) is 37.9 Å². The number of carbonyl (C=O) groups excluding carboxylic acids is 2. The number of nitrogens with zero attached hydrogens (tertiary/aromatic N) is 1. The van der Waals surface area contributed by atoms with Crippen LogP contribution in [0.25, 0.3) is 0 Å². The molecule has 2 heterocycles. The van der Waals surface area contributed by atoms with Crippen molar-refractivity contribution in [1.82, 2.24) is 15.5 Å². The summed E-state index contributed by atoms with van der Waals surface area (Å²) in [7, 11) is 0. The van der Waals surface area contributed by atoms with Crippen LogP contribution in [-0.2, 0) is 4.79 Å². The van der Waals surface area contributed by atoms with Crippen LogP contribution in [0.5, 0.6) is 5.75 Å². The highest BCUT2D eigenvalue weighted by atomic mass is 16.5. The molecule has 37 heavy (non-hydrogen) atoms. The van der Waals surface area contributed by atoms with Gasteiger partial charge in [0.05, 0.1) is 25.1 Å². The van der Waals surface area contributed by atoms with Crippen LogP contribution >= 0.6 is 0 Å². The minimum Gasteiger partial charge on any atom is -0.493 e. The number of hydrogen-bond donors (Lipinski definition) is 3. The molecule has 7 heteroatoms. The van der Waals surface area contributed by atoms with Gasteiger partial charge < -0.3 is 15.4 Å². The largest absolute Gasteiger partial charge is 0.493 e. The molecule has 0 unspecified atom stereocenters. The summed E-state index contributed by atoms with van der Waals surface area (Å²) in [6, 6.07) is 14.6. The summed E-state index contributed by atoms with van der Waals surface area (Å²) in [5, 5.41) is 15.2. The predicted octanol–water partition coefficient (Wildman–Crippen LogP) is 5.10. The Kier molecular flexibility index (Phi) is 8.17. The Bertz CT molecular complexity index is 1200. The number of amides is 2. The molecule has 2 atom stereocenters. The van der Waals surface area contributed by atoms with E-state index in [1.54, 1.807) is 17.9 Å². The second-order valence-electron chi connectivity index (χ2n) is 9.71. The molecule has 0 aromatic heterocycles. The number of fused-ring (bicyclic) bond motifs is 1. The van der Waals surface area contributed by atoms with E-state index in [1.165, 1.54) is 0 Å². The number of ether oxygens (including phenoxy) is 1. The van der Waals surface area contributed by atoms with Crippen LogP contribution in [0.3, 0.4) is 0 Å². The Balaban J connectivity index is 1.59. The Morgan fingerprint density at radius 1 is 1.24 bits per heavy atom. The lowest BCUT2D eigenvalue weighted by Crippen LogP contribution is -2.62. The summed E-state index contributed by atoms with van der Waals surface area (Å²) in [4.78, 5) is 28.3. The van der Waals surface area contributed by atoms with E-state index in [2.05, 4.69) is 22.5 Å². The first-order chi connectivity index (χ1) is 17.9. The van der Waals surface area contributed by atoms with Gasteiger partial charge in [-0.25, -0.2) is 0 Å². The van der Waals surface area contributed by atoms with Gasteiger partial charge in [-0.3, -0.25) is 19.9 Å². The fourth-order valence-electron chi connectivity index (χ4n) is 5.26. The van der Waals surface area contributed by atoms with Crippen molar-refractivity contribution in [1.29, 1.82) is 5.41 Å². The molecule has 1 saturated heterocycles. The van der Waals surface area contributed by atoms with Gasteiger partial charge in [0.1, 0.15) is 5.75 Å². The number of hydrogen-bond acceptors (Lipinski definition) is 4. The Labute approximate surface area is 219 Å². The number of para-hydroxylation sites is 1. The third-order valence-corrected chi connectivity index (χ3v) is 7.56. The number of benzene rings is 2. The Morgan fingerprint density at radius 2 is 2.03 bits per heavy atom. The molecule has 2 amide bonds. The van der Waals surface area contributed by atoms with Crippen LogP contribution in [0.4, 0.5) is 0 Å². The molecule has 0 radical (unpaired) electrons. The summed E-state index contributed by atoms with van der Waals surface area (Å²) in [5.74, 6) is 6.67. The van der Waals surface area contributed by atoms with E-state index < -0.39 is 6.04 Å². The average molecular weight is 501 g/mol. The molecular weight excluding hydrogens is 464 g/mol. The minimum atomic E-state index is -0.392. The summed E-state index contributed by atoms with van der Waals surface area (Å²) in [6.45, 7) is 6.42. The smallest absolute Gasteiger partial charge is 0.251 e. The molecule has 0 bridgehead atoms. The molecule has 0 spiro atoms. The number of rotatable bonds is 8. The zero-order valence-electron chi connectivity index (χ0n) is 21.9. The van der Waals surface area contributed by atoms with Crippen LogP contribution < -0.4 is 15.4 Å². The van der Waals surface area contributed by atoms with Gasteiger partial charge in [-0.15, -0.1) is 11.8 Å². The molecule has 2 aromatic carbocycles. The van der Waals surface area contributed by atoms with Crippen LogP contribution in [0.1, 0.15) is 92.9 Å². The highest BCUT2D eigenvalue weighted by Crippen LogP contribution is 2.34. The van der Waals surface area contributed by atoms with Gasteiger partial charge in [0.25, 0.3) is 5.91 Å². The van der Waals surface area contributed by atoms with Crippen LogP contribution in [0.15, 0.2) is 48.5 Å². The fraction of sp³-hybridized carbons (Fsp3) is 0.433. The lowest BCUT2D eigenvalue weighted by Gasteiger charge is -2.45. The van der Waals surface area contributed by atoms with Gasteiger partial charge >= 0.3 is 0 Å². The van der Waals surface area contributed by atoms with Gasteiger partial charge in [-0.2, -0.15) is 0 Å². The SMILES string of the molecule is CC#CCC[C@H](c1cccc(C(=O)N[C@H]2CCOc3ccccc32)c1)N1C(=N)NC(CC)(CC)CC1=O. The zero-order valence-corrected chi connectivity index (χ0v) is 21.9. The maximum Gasteiger partial charge on any atom is 0.251 e. The molecule has 7 nitrogen and oxygen atoms in total. The lowest BCUT2D eigenvalue weighted by molar-refractivity contribution is -0.132. The molecule has 194 valence electrons. The van der Waals surface area contributed by atoms with Gasteiger partial charge in [-0.1, -0.05) is 44.2 Å². The molecule has 1 fully saturated rings. The average Bonchev–Trinajstić information content (AvgIpc) is 2.92. The molecule has 3 N–H and O–H groups in total. The summed E-state index contributed by atoms with van der Waals surface area (Å²) < 4.78 is 5.73. The standard InChI is InChI=1S/C30H36N4O3/c1-4-7-8-15-25(34-27(35)20-30(5-2,6-3)33-29(34)31)21-12-11-13-22(19-21)28(36)32-24-17-18-37-26-16-10-9-14-23(24)26/h9-14,16,19,24-25H,5-6,8,15,17-18,20H2,1-3H3,(H2,31,33)(H,32,36)/t24-,25+/m0/s1. The highest BCUT2D eigenvalue weighted by molar-refractivity contribution is 6.00. The first-order valence-electron chi connectivity index (χ1n) is 13.1. The summed E-state index contributed by atoms with van der Waals surface area (Å²) >= 11 is 0. The van der Waals surface area contributed by atoms with Crippen LogP contribution in [0, 0.1) is 17.3 Å². The van der Waals surface area contributed by atoms with Crippen molar-refractivity contribution < 1.29 is 14.3 Å². The van der Waals surface area contributed by atoms with Crippen molar-refractivity contribution in [3.05, 3.63) is 65.2 Å². The van der Waals surface area contributed by atoms with Crippen molar-refractivity contribution in [2.24, 2.45) is 0 Å². The molecular formula is C30H36N4O3. The fourth-order valence-corrected chi connectivity index (χ4v) is 5.26.